The maximum absolute atomic E-state index is 9.09. The fraction of sp³-hybridized carbons (Fsp3) is 0.357. The van der Waals surface area contributed by atoms with E-state index in [2.05, 4.69) is 28.3 Å². The number of benzene rings is 1. The van der Waals surface area contributed by atoms with Crippen molar-refractivity contribution >= 4 is 22.7 Å². The quantitative estimate of drug-likeness (QED) is 0.647. The molecule has 1 N–H and O–H groups in total. The number of para-hydroxylation sites is 1. The monoisotopic (exact) mass is 272 g/mol. The Bertz CT molecular complexity index is 574. The van der Waals surface area contributed by atoms with Crippen molar-refractivity contribution < 1.29 is 0 Å². The molecule has 0 saturated carbocycles. The van der Waals surface area contributed by atoms with Crippen molar-refractivity contribution in [1.82, 2.24) is 15.3 Å². The van der Waals surface area contributed by atoms with Gasteiger partial charge >= 0.3 is 0 Å². The van der Waals surface area contributed by atoms with Gasteiger partial charge in [-0.2, -0.15) is 5.26 Å². The van der Waals surface area contributed by atoms with Gasteiger partial charge in [-0.05, 0) is 19.0 Å². The van der Waals surface area contributed by atoms with Crippen molar-refractivity contribution in [2.45, 2.75) is 24.4 Å². The average molecular weight is 272 g/mol. The predicted molar refractivity (Wildman–Crippen MR) is 78.0 cm³/mol. The number of hydrogen-bond acceptors (Lipinski definition) is 5. The minimum absolute atomic E-state index is 0.140. The van der Waals surface area contributed by atoms with E-state index < -0.39 is 0 Å². The molecule has 0 amide bonds. The highest BCUT2D eigenvalue weighted by Gasteiger charge is 2.09. The van der Waals surface area contributed by atoms with Crippen LogP contribution in [0.3, 0.4) is 0 Å². The van der Waals surface area contributed by atoms with Gasteiger partial charge in [0, 0.05) is 11.1 Å². The van der Waals surface area contributed by atoms with Crippen molar-refractivity contribution in [1.29, 1.82) is 5.26 Å². The van der Waals surface area contributed by atoms with Gasteiger partial charge in [0.1, 0.15) is 17.4 Å². The number of nitrogens with one attached hydrogen (secondary N) is 1. The number of aromatic nitrogens is 2. The summed E-state index contributed by atoms with van der Waals surface area (Å²) >= 11 is 1.60. The molecule has 0 fully saturated rings. The highest BCUT2D eigenvalue weighted by Crippen LogP contribution is 2.24. The van der Waals surface area contributed by atoms with Crippen LogP contribution in [0.15, 0.2) is 35.6 Å². The van der Waals surface area contributed by atoms with Crippen molar-refractivity contribution in [2.24, 2.45) is 0 Å². The van der Waals surface area contributed by atoms with Gasteiger partial charge in [-0.25, -0.2) is 9.97 Å². The van der Waals surface area contributed by atoms with Gasteiger partial charge in [0.25, 0.3) is 0 Å². The molecule has 1 aromatic heterocycles. The highest BCUT2D eigenvalue weighted by molar-refractivity contribution is 7.99. The van der Waals surface area contributed by atoms with E-state index in [1.165, 1.54) is 0 Å². The first-order valence-electron chi connectivity index (χ1n) is 6.30. The van der Waals surface area contributed by atoms with Gasteiger partial charge in [0.15, 0.2) is 0 Å². The normalized spacial score (nSPS) is 12.2. The van der Waals surface area contributed by atoms with Gasteiger partial charge in [0.05, 0.1) is 11.6 Å². The SMILES string of the molecule is CCCNC(C#N)CSc1ncnc2ccccc12. The summed E-state index contributed by atoms with van der Waals surface area (Å²) in [6.07, 6.45) is 2.60. The van der Waals surface area contributed by atoms with Crippen LogP contribution in [-0.4, -0.2) is 28.3 Å². The lowest BCUT2D eigenvalue weighted by Gasteiger charge is -2.10. The summed E-state index contributed by atoms with van der Waals surface area (Å²) in [6.45, 7) is 2.95. The van der Waals surface area contributed by atoms with E-state index >= 15 is 0 Å². The van der Waals surface area contributed by atoms with Crippen LogP contribution in [0.4, 0.5) is 0 Å². The van der Waals surface area contributed by atoms with E-state index in [1.807, 2.05) is 24.3 Å². The van der Waals surface area contributed by atoms with Gasteiger partial charge in [0.2, 0.25) is 0 Å². The van der Waals surface area contributed by atoms with Gasteiger partial charge in [-0.15, -0.1) is 11.8 Å². The Morgan fingerprint density at radius 2 is 2.21 bits per heavy atom. The van der Waals surface area contributed by atoms with Crippen molar-refractivity contribution in [3.63, 3.8) is 0 Å². The lowest BCUT2D eigenvalue weighted by Crippen LogP contribution is -2.30. The third kappa shape index (κ3) is 3.66. The maximum Gasteiger partial charge on any atom is 0.117 e. The number of nitrogens with zero attached hydrogens (tertiary/aromatic N) is 3. The van der Waals surface area contributed by atoms with Gasteiger partial charge in [-0.3, -0.25) is 0 Å². The zero-order valence-corrected chi connectivity index (χ0v) is 11.7. The lowest BCUT2D eigenvalue weighted by molar-refractivity contribution is 0.637. The standard InChI is InChI=1S/C14H16N4S/c1-2-7-16-11(8-15)9-19-14-12-5-3-4-6-13(12)17-10-18-14/h3-6,10-11,16H,2,7,9H2,1H3. The molecule has 5 heteroatoms. The number of hydrogen-bond donors (Lipinski definition) is 1. The van der Waals surface area contributed by atoms with Crippen molar-refractivity contribution in [3.8, 4) is 6.07 Å². The molecule has 0 spiro atoms. The second-order valence-corrected chi connectivity index (χ2v) is 5.15. The summed E-state index contributed by atoms with van der Waals surface area (Å²) in [6, 6.07) is 10.1. The number of fused-ring (bicyclic) bond motifs is 1. The number of thioether (sulfide) groups is 1. The van der Waals surface area contributed by atoms with E-state index in [1.54, 1.807) is 18.1 Å². The third-order valence-corrected chi connectivity index (χ3v) is 3.79. The molecular weight excluding hydrogens is 256 g/mol. The zero-order valence-electron chi connectivity index (χ0n) is 10.8. The van der Waals surface area contributed by atoms with Crippen molar-refractivity contribution in [3.05, 3.63) is 30.6 Å². The van der Waals surface area contributed by atoms with E-state index in [-0.39, 0.29) is 6.04 Å². The molecule has 0 aliphatic heterocycles. The first-order chi connectivity index (χ1) is 9.35. The highest BCUT2D eigenvalue weighted by atomic mass is 32.2. The molecule has 0 bridgehead atoms. The Hall–Kier alpha value is -1.64. The first kappa shape index (κ1) is 13.8. The zero-order chi connectivity index (χ0) is 13.5. The Kier molecular flexibility index (Phi) is 5.13. The summed E-state index contributed by atoms with van der Waals surface area (Å²) in [5, 5.41) is 14.3. The van der Waals surface area contributed by atoms with Crippen LogP contribution in [0.1, 0.15) is 13.3 Å². The predicted octanol–water partition coefficient (Wildman–Crippen LogP) is 2.61. The van der Waals surface area contributed by atoms with E-state index in [9.17, 15) is 0 Å². The summed E-state index contributed by atoms with van der Waals surface area (Å²) in [5.74, 6) is 0.692. The smallest absolute Gasteiger partial charge is 0.117 e. The first-order valence-corrected chi connectivity index (χ1v) is 7.29. The fourth-order valence-corrected chi connectivity index (χ4v) is 2.68. The van der Waals surface area contributed by atoms with Crippen LogP contribution in [0.2, 0.25) is 0 Å². The Balaban J connectivity index is 2.07. The average Bonchev–Trinajstić information content (AvgIpc) is 2.47. The van der Waals surface area contributed by atoms with Crippen LogP contribution < -0.4 is 5.32 Å². The Morgan fingerprint density at radius 3 is 3.00 bits per heavy atom. The Morgan fingerprint density at radius 1 is 1.37 bits per heavy atom. The summed E-state index contributed by atoms with van der Waals surface area (Å²) < 4.78 is 0. The number of rotatable bonds is 6. The second kappa shape index (κ2) is 7.07. The van der Waals surface area contributed by atoms with Gasteiger partial charge < -0.3 is 5.32 Å². The number of nitriles is 1. The van der Waals surface area contributed by atoms with E-state index in [0.29, 0.717) is 5.75 Å². The Labute approximate surface area is 117 Å². The molecule has 1 aromatic carbocycles. The van der Waals surface area contributed by atoms with Crippen LogP contribution >= 0.6 is 11.8 Å². The molecule has 19 heavy (non-hydrogen) atoms. The summed E-state index contributed by atoms with van der Waals surface area (Å²) in [7, 11) is 0. The van der Waals surface area contributed by atoms with Gasteiger partial charge in [-0.1, -0.05) is 25.1 Å². The van der Waals surface area contributed by atoms with Crippen LogP contribution in [0, 0.1) is 11.3 Å². The summed E-state index contributed by atoms with van der Waals surface area (Å²) in [4.78, 5) is 8.54. The van der Waals surface area contributed by atoms with E-state index in [0.717, 1.165) is 28.9 Å². The second-order valence-electron chi connectivity index (χ2n) is 4.14. The molecule has 0 aliphatic carbocycles. The minimum Gasteiger partial charge on any atom is -0.301 e. The van der Waals surface area contributed by atoms with Crippen LogP contribution in [-0.2, 0) is 0 Å². The molecule has 2 rings (SSSR count). The van der Waals surface area contributed by atoms with Crippen LogP contribution in [0.5, 0.6) is 0 Å². The fourth-order valence-electron chi connectivity index (χ4n) is 1.72. The molecule has 4 nitrogen and oxygen atoms in total. The molecule has 2 aromatic rings. The molecule has 0 saturated heterocycles. The summed E-state index contributed by atoms with van der Waals surface area (Å²) in [5.41, 5.74) is 0.940. The maximum atomic E-state index is 9.09. The molecule has 1 heterocycles. The largest absolute Gasteiger partial charge is 0.301 e. The van der Waals surface area contributed by atoms with Crippen molar-refractivity contribution in [2.75, 3.05) is 12.3 Å². The minimum atomic E-state index is -0.140. The molecule has 0 radical (unpaired) electrons. The van der Waals surface area contributed by atoms with Crippen LogP contribution in [0.25, 0.3) is 10.9 Å². The molecular formula is C14H16N4S. The molecule has 0 aliphatic rings. The topological polar surface area (TPSA) is 61.6 Å². The molecule has 1 atom stereocenters. The lowest BCUT2D eigenvalue weighted by atomic mass is 10.2. The third-order valence-electron chi connectivity index (χ3n) is 2.69. The van der Waals surface area contributed by atoms with E-state index in [4.69, 9.17) is 5.26 Å². The molecule has 1 unspecified atom stereocenters. The molecule has 98 valence electrons.